The second-order valence-electron chi connectivity index (χ2n) is 10.00. The van der Waals surface area contributed by atoms with Crippen molar-refractivity contribution in [2.45, 2.75) is 0 Å². The van der Waals surface area contributed by atoms with Crippen molar-refractivity contribution in [2.24, 2.45) is 0 Å². The normalized spacial score (nSPS) is 11.5. The van der Waals surface area contributed by atoms with Gasteiger partial charge in [0.1, 0.15) is 28.3 Å². The molecule has 0 amide bonds. The lowest BCUT2D eigenvalue weighted by Gasteiger charge is -2.17. The Morgan fingerprint density at radius 3 is 2.24 bits per heavy atom. The molecule has 4 nitrogen and oxygen atoms in total. The van der Waals surface area contributed by atoms with Gasteiger partial charge in [-0.3, -0.25) is 9.55 Å². The van der Waals surface area contributed by atoms with Crippen LogP contribution in [0.2, 0.25) is 0 Å². The lowest BCUT2D eigenvalue weighted by Crippen LogP contribution is -2.02. The van der Waals surface area contributed by atoms with E-state index >= 15 is 4.39 Å². The van der Waals surface area contributed by atoms with E-state index in [1.165, 1.54) is 6.07 Å². The maximum Gasteiger partial charge on any atom is 0.149 e. The van der Waals surface area contributed by atoms with Crippen LogP contribution in [0.15, 0.2) is 138 Å². The van der Waals surface area contributed by atoms with Crippen molar-refractivity contribution >= 4 is 33.0 Å². The van der Waals surface area contributed by atoms with Gasteiger partial charge in [-0.2, -0.15) is 0 Å². The monoisotopic (exact) mass is 531 g/mol. The molecule has 41 heavy (non-hydrogen) atoms. The number of benzene rings is 5. The molecule has 0 saturated carbocycles. The summed E-state index contributed by atoms with van der Waals surface area (Å²) in [4.78, 5) is 9.33. The molecule has 3 heterocycles. The number of rotatable bonds is 4. The summed E-state index contributed by atoms with van der Waals surface area (Å²) < 4.78 is 24.1. The van der Waals surface area contributed by atoms with E-state index in [0.29, 0.717) is 22.4 Å². The molecule has 0 aliphatic heterocycles. The number of hydrogen-bond donors (Lipinski definition) is 0. The predicted octanol–water partition coefficient (Wildman–Crippen LogP) is 9.46. The van der Waals surface area contributed by atoms with E-state index < -0.39 is 0 Å². The van der Waals surface area contributed by atoms with Crippen LogP contribution in [-0.4, -0.2) is 14.5 Å². The number of pyridine rings is 1. The first-order chi connectivity index (χ1) is 20.3. The Kier molecular flexibility index (Phi) is 5.28. The lowest BCUT2D eigenvalue weighted by atomic mass is 9.97. The summed E-state index contributed by atoms with van der Waals surface area (Å²) in [6, 6.07) is 39.6. The third-order valence-electron chi connectivity index (χ3n) is 7.60. The fraction of sp³-hybridized carbons (Fsp3) is 0. The maximum atomic E-state index is 15.8. The van der Waals surface area contributed by atoms with E-state index in [1.807, 2.05) is 77.5 Å². The number of fused-ring (bicyclic) bond motifs is 4. The van der Waals surface area contributed by atoms with E-state index in [0.717, 1.165) is 49.9 Å². The highest BCUT2D eigenvalue weighted by atomic mass is 19.1. The zero-order valence-electron chi connectivity index (χ0n) is 21.8. The second kappa shape index (κ2) is 9.28. The van der Waals surface area contributed by atoms with E-state index in [-0.39, 0.29) is 5.82 Å². The molecule has 0 radical (unpaired) electrons. The summed E-state index contributed by atoms with van der Waals surface area (Å²) in [7, 11) is 0. The minimum absolute atomic E-state index is 0.341. The van der Waals surface area contributed by atoms with Gasteiger partial charge in [-0.25, -0.2) is 9.37 Å². The summed E-state index contributed by atoms with van der Waals surface area (Å²) in [5, 5.41) is 1.86. The Bertz CT molecular complexity index is 2220. The van der Waals surface area contributed by atoms with Gasteiger partial charge >= 0.3 is 0 Å². The fourth-order valence-electron chi connectivity index (χ4n) is 5.71. The molecule has 3 aromatic heterocycles. The average molecular weight is 532 g/mol. The summed E-state index contributed by atoms with van der Waals surface area (Å²) >= 11 is 0. The van der Waals surface area contributed by atoms with Gasteiger partial charge in [0.2, 0.25) is 0 Å². The van der Waals surface area contributed by atoms with Gasteiger partial charge in [0.05, 0.1) is 16.8 Å². The van der Waals surface area contributed by atoms with Crippen LogP contribution in [0.5, 0.6) is 0 Å². The first kappa shape index (κ1) is 23.3. The highest BCUT2D eigenvalue weighted by Gasteiger charge is 2.23. The molecular formula is C36H22FN3O. The minimum Gasteiger partial charge on any atom is -0.455 e. The van der Waals surface area contributed by atoms with Gasteiger partial charge in [-0.15, -0.1) is 0 Å². The highest BCUT2D eigenvalue weighted by molar-refractivity contribution is 6.09. The molecule has 0 saturated heterocycles. The van der Waals surface area contributed by atoms with Gasteiger partial charge < -0.3 is 4.42 Å². The molecular weight excluding hydrogens is 509 g/mol. The van der Waals surface area contributed by atoms with E-state index in [2.05, 4.69) is 47.4 Å². The standard InChI is InChI=1S/C36H22FN3O/c37-30-15-8-16-31-34(30)40(36(39-31)28-14-7-13-27-29-22-38-20-19-33(29)41-35(27)28)32-21-25(23-9-3-1-4-10-23)17-18-26(32)24-11-5-2-6-12-24/h1-22H. The Morgan fingerprint density at radius 2 is 1.41 bits per heavy atom. The Hall–Kier alpha value is -5.55. The molecule has 0 atom stereocenters. The summed E-state index contributed by atoms with van der Waals surface area (Å²) in [5.41, 5.74) is 8.12. The zero-order valence-corrected chi connectivity index (χ0v) is 21.8. The van der Waals surface area contributed by atoms with Gasteiger partial charge in [-0.05, 0) is 47.0 Å². The van der Waals surface area contributed by atoms with E-state index in [1.54, 1.807) is 12.3 Å². The maximum absolute atomic E-state index is 15.8. The molecule has 0 N–H and O–H groups in total. The van der Waals surface area contributed by atoms with Gasteiger partial charge in [0.25, 0.3) is 0 Å². The third kappa shape index (κ3) is 3.74. The van der Waals surface area contributed by atoms with E-state index in [9.17, 15) is 0 Å². The largest absolute Gasteiger partial charge is 0.455 e. The van der Waals surface area contributed by atoms with Crippen molar-refractivity contribution in [3.8, 4) is 39.3 Å². The summed E-state index contributed by atoms with van der Waals surface area (Å²) in [6.07, 6.45) is 3.53. The van der Waals surface area contributed by atoms with E-state index in [4.69, 9.17) is 9.40 Å². The molecule has 8 rings (SSSR count). The van der Waals surface area contributed by atoms with Crippen molar-refractivity contribution in [3.63, 3.8) is 0 Å². The molecule has 194 valence electrons. The van der Waals surface area contributed by atoms with Crippen LogP contribution in [0.25, 0.3) is 72.3 Å². The topological polar surface area (TPSA) is 43.9 Å². The molecule has 5 aromatic carbocycles. The van der Waals surface area contributed by atoms with Crippen molar-refractivity contribution in [3.05, 3.63) is 140 Å². The molecule has 0 aliphatic carbocycles. The number of aromatic nitrogens is 3. The second-order valence-corrected chi connectivity index (χ2v) is 10.00. The minimum atomic E-state index is -0.341. The number of halogens is 1. The summed E-state index contributed by atoms with van der Waals surface area (Å²) in [6.45, 7) is 0. The molecule has 0 fully saturated rings. The average Bonchev–Trinajstić information content (AvgIpc) is 3.61. The predicted molar refractivity (Wildman–Crippen MR) is 162 cm³/mol. The van der Waals surface area contributed by atoms with Crippen LogP contribution in [0, 0.1) is 5.82 Å². The van der Waals surface area contributed by atoms with Crippen LogP contribution in [0.1, 0.15) is 0 Å². The van der Waals surface area contributed by atoms with Crippen LogP contribution in [0.4, 0.5) is 4.39 Å². The zero-order chi connectivity index (χ0) is 27.3. The molecule has 0 unspecified atom stereocenters. The Balaban J connectivity index is 1.50. The van der Waals surface area contributed by atoms with Crippen LogP contribution in [0.3, 0.4) is 0 Å². The highest BCUT2D eigenvalue weighted by Crippen LogP contribution is 2.41. The lowest BCUT2D eigenvalue weighted by molar-refractivity contribution is 0.635. The molecule has 5 heteroatoms. The van der Waals surface area contributed by atoms with Crippen LogP contribution >= 0.6 is 0 Å². The first-order valence-electron chi connectivity index (χ1n) is 13.4. The van der Waals surface area contributed by atoms with Crippen molar-refractivity contribution in [1.82, 2.24) is 14.5 Å². The number of furan rings is 1. The summed E-state index contributed by atoms with van der Waals surface area (Å²) in [5.74, 6) is 0.261. The number of para-hydroxylation sites is 2. The number of nitrogens with zero attached hydrogens (tertiary/aromatic N) is 3. The molecule has 8 aromatic rings. The molecule has 0 spiro atoms. The SMILES string of the molecule is Fc1cccc2nc(-c3cccc4c3oc3ccncc34)n(-c3cc(-c4ccccc4)ccc3-c3ccccc3)c12. The van der Waals surface area contributed by atoms with Crippen LogP contribution < -0.4 is 0 Å². The van der Waals surface area contributed by atoms with Gasteiger partial charge in [0, 0.05) is 28.7 Å². The molecule has 0 aliphatic rings. The van der Waals surface area contributed by atoms with Crippen LogP contribution in [-0.2, 0) is 0 Å². The third-order valence-corrected chi connectivity index (χ3v) is 7.60. The van der Waals surface area contributed by atoms with Crippen molar-refractivity contribution in [2.75, 3.05) is 0 Å². The Labute approximate surface area is 235 Å². The molecule has 0 bridgehead atoms. The van der Waals surface area contributed by atoms with Crippen molar-refractivity contribution < 1.29 is 8.81 Å². The Morgan fingerprint density at radius 1 is 0.634 bits per heavy atom. The van der Waals surface area contributed by atoms with Crippen molar-refractivity contribution in [1.29, 1.82) is 0 Å². The number of hydrogen-bond acceptors (Lipinski definition) is 3. The van der Waals surface area contributed by atoms with Gasteiger partial charge in [-0.1, -0.05) is 91.0 Å². The van der Waals surface area contributed by atoms with Gasteiger partial charge in [0.15, 0.2) is 0 Å². The smallest absolute Gasteiger partial charge is 0.149 e. The number of imidazole rings is 1. The fourth-order valence-corrected chi connectivity index (χ4v) is 5.71. The quantitative estimate of drug-likeness (QED) is 0.227. The first-order valence-corrected chi connectivity index (χ1v) is 13.4.